The van der Waals surface area contributed by atoms with Gasteiger partial charge in [-0.2, -0.15) is 0 Å². The maximum absolute atomic E-state index is 11.3. The highest BCUT2D eigenvalue weighted by Crippen LogP contribution is 2.13. The molecular formula is C12H12N2O4. The molecule has 6 heteroatoms. The van der Waals surface area contributed by atoms with Gasteiger partial charge in [0.05, 0.1) is 5.52 Å². The van der Waals surface area contributed by atoms with Gasteiger partial charge in [-0.15, -0.1) is 0 Å². The number of Topliss-reactive ketones (excluding diaryl/α,β-unsaturated/α-hetero) is 1. The molecule has 1 aromatic heterocycles. The number of hydrogen-bond donors (Lipinski definition) is 1. The summed E-state index contributed by atoms with van der Waals surface area (Å²) < 4.78 is 6.36. The molecule has 0 aliphatic rings. The van der Waals surface area contributed by atoms with Crippen LogP contribution in [0.15, 0.2) is 27.4 Å². The van der Waals surface area contributed by atoms with E-state index < -0.39 is 17.4 Å². The van der Waals surface area contributed by atoms with Crippen LogP contribution in [0.5, 0.6) is 0 Å². The molecule has 1 N–H and O–H groups in total. The Bertz CT molecular complexity index is 681. The van der Waals surface area contributed by atoms with Gasteiger partial charge in [-0.25, -0.2) is 4.79 Å². The highest BCUT2D eigenvalue weighted by atomic mass is 16.4. The van der Waals surface area contributed by atoms with E-state index in [0.29, 0.717) is 11.1 Å². The van der Waals surface area contributed by atoms with Gasteiger partial charge in [0.1, 0.15) is 0 Å². The summed E-state index contributed by atoms with van der Waals surface area (Å²) >= 11 is 0. The van der Waals surface area contributed by atoms with E-state index in [9.17, 15) is 14.4 Å². The van der Waals surface area contributed by atoms with Gasteiger partial charge in [-0.3, -0.25) is 14.2 Å². The van der Waals surface area contributed by atoms with Crippen molar-refractivity contribution in [3.63, 3.8) is 0 Å². The normalized spacial score (nSPS) is 10.6. The molecule has 0 spiro atoms. The first-order valence-corrected chi connectivity index (χ1v) is 5.36. The predicted octanol–water partition coefficient (Wildman–Crippen LogP) is 0.337. The Morgan fingerprint density at radius 1 is 1.39 bits per heavy atom. The van der Waals surface area contributed by atoms with Crippen molar-refractivity contribution in [2.45, 2.75) is 13.5 Å². The van der Waals surface area contributed by atoms with Crippen LogP contribution in [-0.4, -0.2) is 16.3 Å². The second-order valence-electron chi connectivity index (χ2n) is 3.97. The van der Waals surface area contributed by atoms with Crippen molar-refractivity contribution in [3.05, 3.63) is 34.3 Å². The Hall–Kier alpha value is -2.37. The zero-order valence-corrected chi connectivity index (χ0v) is 10.0. The molecular weight excluding hydrogens is 236 g/mol. The molecule has 2 aromatic rings. The van der Waals surface area contributed by atoms with Crippen LogP contribution in [0.1, 0.15) is 12.5 Å². The summed E-state index contributed by atoms with van der Waals surface area (Å²) in [5.74, 6) is -1.60. The van der Waals surface area contributed by atoms with Crippen molar-refractivity contribution in [2.75, 3.05) is 0 Å². The zero-order chi connectivity index (χ0) is 13.3. The summed E-state index contributed by atoms with van der Waals surface area (Å²) in [5, 5.41) is 2.48. The zero-order valence-electron chi connectivity index (χ0n) is 10.0. The monoisotopic (exact) mass is 248 g/mol. The fourth-order valence-corrected chi connectivity index (χ4v) is 1.59. The first-order valence-electron chi connectivity index (χ1n) is 5.36. The fraction of sp³-hybridized carbons (Fsp3) is 0.250. The van der Waals surface area contributed by atoms with Gasteiger partial charge in [0.2, 0.25) is 5.78 Å². The lowest BCUT2D eigenvalue weighted by molar-refractivity contribution is -0.136. The summed E-state index contributed by atoms with van der Waals surface area (Å²) in [4.78, 5) is 33.2. The van der Waals surface area contributed by atoms with Gasteiger partial charge in [0, 0.05) is 20.5 Å². The first-order chi connectivity index (χ1) is 8.49. The van der Waals surface area contributed by atoms with E-state index in [0.717, 1.165) is 5.56 Å². The summed E-state index contributed by atoms with van der Waals surface area (Å²) in [6, 6.07) is 5.12. The maximum atomic E-state index is 11.3. The van der Waals surface area contributed by atoms with Gasteiger partial charge in [0.25, 0.3) is 5.91 Å². The molecule has 2 rings (SSSR count). The summed E-state index contributed by atoms with van der Waals surface area (Å²) in [7, 11) is 1.60. The number of rotatable bonds is 3. The Labute approximate surface area is 102 Å². The lowest BCUT2D eigenvalue weighted by Gasteiger charge is -2.03. The molecule has 0 aliphatic carbocycles. The van der Waals surface area contributed by atoms with Crippen LogP contribution in [0.3, 0.4) is 0 Å². The Kier molecular flexibility index (Phi) is 3.01. The second-order valence-corrected chi connectivity index (χ2v) is 3.97. The number of benzene rings is 1. The van der Waals surface area contributed by atoms with Crippen LogP contribution in [0.4, 0.5) is 0 Å². The number of fused-ring (bicyclic) bond motifs is 1. The van der Waals surface area contributed by atoms with Crippen molar-refractivity contribution >= 4 is 22.8 Å². The molecule has 0 unspecified atom stereocenters. The molecule has 0 radical (unpaired) electrons. The quantitative estimate of drug-likeness (QED) is 0.794. The third-order valence-corrected chi connectivity index (χ3v) is 2.63. The summed E-state index contributed by atoms with van der Waals surface area (Å²) in [5.41, 5.74) is 1.92. The molecule has 1 aromatic carbocycles. The number of nitrogens with one attached hydrogen (secondary N) is 1. The maximum Gasteiger partial charge on any atom is 0.419 e. The number of oxazole rings is 1. The number of amides is 1. The predicted molar refractivity (Wildman–Crippen MR) is 64.0 cm³/mol. The molecule has 0 saturated carbocycles. The lowest BCUT2D eigenvalue weighted by atomic mass is 10.2. The van der Waals surface area contributed by atoms with Crippen molar-refractivity contribution in [1.82, 2.24) is 9.88 Å². The molecule has 0 atom stereocenters. The fourth-order valence-electron chi connectivity index (χ4n) is 1.59. The first kappa shape index (κ1) is 12.1. The number of nitrogens with zero attached hydrogens (tertiary/aromatic N) is 1. The minimum Gasteiger partial charge on any atom is -0.408 e. The minimum atomic E-state index is -0.629. The van der Waals surface area contributed by atoms with Crippen LogP contribution >= 0.6 is 0 Å². The van der Waals surface area contributed by atoms with Gasteiger partial charge in [-0.05, 0) is 17.7 Å². The van der Waals surface area contributed by atoms with E-state index in [1.165, 1.54) is 11.5 Å². The van der Waals surface area contributed by atoms with Gasteiger partial charge in [-0.1, -0.05) is 6.07 Å². The van der Waals surface area contributed by atoms with E-state index >= 15 is 0 Å². The molecule has 0 bridgehead atoms. The molecule has 1 heterocycles. The summed E-state index contributed by atoms with van der Waals surface area (Å²) in [6.45, 7) is 1.44. The molecule has 94 valence electrons. The molecule has 6 nitrogen and oxygen atoms in total. The van der Waals surface area contributed by atoms with Gasteiger partial charge >= 0.3 is 5.76 Å². The van der Waals surface area contributed by atoms with Crippen LogP contribution in [0, 0.1) is 0 Å². The van der Waals surface area contributed by atoms with Crippen LogP contribution in [0.25, 0.3) is 11.1 Å². The van der Waals surface area contributed by atoms with Crippen molar-refractivity contribution < 1.29 is 14.0 Å². The molecule has 18 heavy (non-hydrogen) atoms. The Morgan fingerprint density at radius 2 is 2.11 bits per heavy atom. The number of carbonyl (C=O) groups is 2. The Balaban J connectivity index is 2.25. The number of aromatic nitrogens is 1. The third kappa shape index (κ3) is 2.17. The number of ketones is 1. The molecule has 0 fully saturated rings. The van der Waals surface area contributed by atoms with Crippen LogP contribution in [-0.2, 0) is 23.2 Å². The number of aryl methyl sites for hydroxylation is 1. The van der Waals surface area contributed by atoms with E-state index in [4.69, 9.17) is 4.42 Å². The van der Waals surface area contributed by atoms with E-state index in [-0.39, 0.29) is 6.54 Å². The van der Waals surface area contributed by atoms with E-state index in [2.05, 4.69) is 5.32 Å². The Morgan fingerprint density at radius 3 is 2.78 bits per heavy atom. The SMILES string of the molecule is CC(=O)C(=O)NCc1ccc2oc(=O)n(C)c2c1. The molecule has 0 saturated heterocycles. The van der Waals surface area contributed by atoms with E-state index in [1.54, 1.807) is 25.2 Å². The van der Waals surface area contributed by atoms with Crippen molar-refractivity contribution in [3.8, 4) is 0 Å². The van der Waals surface area contributed by atoms with E-state index in [1.807, 2.05) is 0 Å². The smallest absolute Gasteiger partial charge is 0.408 e. The molecule has 0 aliphatic heterocycles. The van der Waals surface area contributed by atoms with Crippen molar-refractivity contribution in [1.29, 1.82) is 0 Å². The highest BCUT2D eigenvalue weighted by molar-refractivity contribution is 6.35. The minimum absolute atomic E-state index is 0.230. The standard InChI is InChI=1S/C12H12N2O4/c1-7(15)11(16)13-6-8-3-4-10-9(5-8)14(2)12(17)18-10/h3-5H,6H2,1-2H3,(H,13,16). The third-order valence-electron chi connectivity index (χ3n) is 2.63. The lowest BCUT2D eigenvalue weighted by Crippen LogP contribution is -2.28. The average molecular weight is 248 g/mol. The highest BCUT2D eigenvalue weighted by Gasteiger charge is 2.09. The topological polar surface area (TPSA) is 81.3 Å². The number of hydrogen-bond acceptors (Lipinski definition) is 4. The molecule has 1 amide bonds. The van der Waals surface area contributed by atoms with Crippen LogP contribution in [0.2, 0.25) is 0 Å². The van der Waals surface area contributed by atoms with Crippen LogP contribution < -0.4 is 11.1 Å². The van der Waals surface area contributed by atoms with Gasteiger partial charge in [0.15, 0.2) is 5.58 Å². The van der Waals surface area contributed by atoms with Gasteiger partial charge < -0.3 is 9.73 Å². The number of carbonyl (C=O) groups excluding carboxylic acids is 2. The summed E-state index contributed by atoms with van der Waals surface area (Å²) in [6.07, 6.45) is 0. The average Bonchev–Trinajstić information content (AvgIpc) is 2.62. The second kappa shape index (κ2) is 4.48. The van der Waals surface area contributed by atoms with Crippen molar-refractivity contribution in [2.24, 2.45) is 7.05 Å². The largest absolute Gasteiger partial charge is 0.419 e.